The highest BCUT2D eigenvalue weighted by Gasteiger charge is 2.25. The Bertz CT molecular complexity index is 385. The van der Waals surface area contributed by atoms with Crippen LogP contribution in [-0.2, 0) is 0 Å². The summed E-state index contributed by atoms with van der Waals surface area (Å²) >= 11 is 0. The molecule has 0 saturated carbocycles. The second-order valence-corrected chi connectivity index (χ2v) is 6.21. The van der Waals surface area contributed by atoms with Gasteiger partial charge in [0.15, 0.2) is 0 Å². The maximum absolute atomic E-state index is 10.4. The first-order valence-corrected chi connectivity index (χ1v) is 7.71. The van der Waals surface area contributed by atoms with Crippen molar-refractivity contribution in [2.75, 3.05) is 19.6 Å². The summed E-state index contributed by atoms with van der Waals surface area (Å²) in [6, 6.07) is 9.89. The molecule has 0 amide bonds. The first-order valence-electron chi connectivity index (χ1n) is 7.71. The van der Waals surface area contributed by atoms with Gasteiger partial charge in [0.1, 0.15) is 0 Å². The third kappa shape index (κ3) is 4.05. The van der Waals surface area contributed by atoms with Crippen molar-refractivity contribution in [3.8, 4) is 0 Å². The minimum absolute atomic E-state index is 0.190. The largest absolute Gasteiger partial charge is 0.393 e. The van der Waals surface area contributed by atoms with Gasteiger partial charge in [-0.25, -0.2) is 0 Å². The molecule has 1 aliphatic rings. The predicted octanol–water partition coefficient (Wildman–Crippen LogP) is 2.45. The van der Waals surface area contributed by atoms with Crippen LogP contribution in [-0.4, -0.2) is 40.9 Å². The maximum Gasteiger partial charge on any atom is 0.0827 e. The third-order valence-electron chi connectivity index (χ3n) is 4.54. The summed E-state index contributed by atoms with van der Waals surface area (Å²) in [4.78, 5) is 2.41. The van der Waals surface area contributed by atoms with Crippen molar-refractivity contribution in [1.29, 1.82) is 0 Å². The van der Waals surface area contributed by atoms with Gasteiger partial charge in [-0.1, -0.05) is 37.3 Å². The van der Waals surface area contributed by atoms with E-state index in [1.54, 1.807) is 0 Å². The van der Waals surface area contributed by atoms with Crippen LogP contribution in [0.15, 0.2) is 30.3 Å². The van der Waals surface area contributed by atoms with Crippen LogP contribution < -0.4 is 0 Å². The molecule has 1 aliphatic heterocycles. The molecule has 3 heteroatoms. The summed E-state index contributed by atoms with van der Waals surface area (Å²) in [6.45, 7) is 6.98. The molecule has 3 atom stereocenters. The minimum atomic E-state index is -0.398. The summed E-state index contributed by atoms with van der Waals surface area (Å²) < 4.78 is 0. The van der Waals surface area contributed by atoms with Crippen molar-refractivity contribution in [3.63, 3.8) is 0 Å². The van der Waals surface area contributed by atoms with E-state index in [2.05, 4.69) is 11.8 Å². The van der Waals surface area contributed by atoms with Gasteiger partial charge in [0, 0.05) is 6.54 Å². The van der Waals surface area contributed by atoms with Crippen LogP contribution in [0.2, 0.25) is 0 Å². The number of aliphatic hydroxyl groups is 2. The van der Waals surface area contributed by atoms with Crippen LogP contribution in [0.25, 0.3) is 0 Å². The zero-order chi connectivity index (χ0) is 14.5. The molecular weight excluding hydrogens is 250 g/mol. The Morgan fingerprint density at radius 3 is 2.25 bits per heavy atom. The number of hydrogen-bond acceptors (Lipinski definition) is 3. The zero-order valence-electron chi connectivity index (χ0n) is 12.6. The lowest BCUT2D eigenvalue weighted by atomic mass is 9.90. The Hall–Kier alpha value is -0.900. The van der Waals surface area contributed by atoms with E-state index in [1.807, 2.05) is 37.3 Å². The Morgan fingerprint density at radius 2 is 1.70 bits per heavy atom. The molecule has 1 saturated heterocycles. The van der Waals surface area contributed by atoms with E-state index in [9.17, 15) is 10.2 Å². The monoisotopic (exact) mass is 277 g/mol. The fourth-order valence-electron chi connectivity index (χ4n) is 3.10. The van der Waals surface area contributed by atoms with Crippen molar-refractivity contribution < 1.29 is 10.2 Å². The van der Waals surface area contributed by atoms with E-state index in [0.29, 0.717) is 5.92 Å². The molecule has 3 nitrogen and oxygen atoms in total. The normalized spacial score (nSPS) is 22.4. The van der Waals surface area contributed by atoms with E-state index in [0.717, 1.165) is 38.0 Å². The number of rotatable bonds is 5. The summed E-state index contributed by atoms with van der Waals surface area (Å²) in [5.41, 5.74) is 0.999. The molecular formula is C17H27NO2. The SMILES string of the molecule is CC(O)C1CCN(CC(C)C(O)c2ccccc2)CC1. The molecule has 1 aromatic carbocycles. The van der Waals surface area contributed by atoms with E-state index >= 15 is 0 Å². The standard InChI is InChI=1S/C17H27NO2/c1-13(17(20)16-6-4-3-5-7-16)12-18-10-8-15(9-11-18)14(2)19/h3-7,13-15,17,19-20H,8-12H2,1-2H3. The minimum Gasteiger partial charge on any atom is -0.393 e. The molecule has 112 valence electrons. The summed E-state index contributed by atoms with van der Waals surface area (Å²) in [5, 5.41) is 20.0. The van der Waals surface area contributed by atoms with Gasteiger partial charge in [-0.2, -0.15) is 0 Å². The van der Waals surface area contributed by atoms with Crippen LogP contribution in [0.1, 0.15) is 38.4 Å². The fraction of sp³-hybridized carbons (Fsp3) is 0.647. The smallest absolute Gasteiger partial charge is 0.0827 e. The van der Waals surface area contributed by atoms with Crippen molar-refractivity contribution in [2.45, 2.75) is 38.9 Å². The van der Waals surface area contributed by atoms with Gasteiger partial charge < -0.3 is 15.1 Å². The van der Waals surface area contributed by atoms with Crippen LogP contribution >= 0.6 is 0 Å². The van der Waals surface area contributed by atoms with Crippen LogP contribution in [0, 0.1) is 11.8 Å². The van der Waals surface area contributed by atoms with Crippen LogP contribution in [0.3, 0.4) is 0 Å². The summed E-state index contributed by atoms with van der Waals surface area (Å²) in [5.74, 6) is 0.668. The zero-order valence-corrected chi connectivity index (χ0v) is 12.6. The molecule has 0 aliphatic carbocycles. The van der Waals surface area contributed by atoms with Crippen LogP contribution in [0.4, 0.5) is 0 Å². The number of nitrogens with zero attached hydrogens (tertiary/aromatic N) is 1. The second kappa shape index (κ2) is 7.21. The van der Waals surface area contributed by atoms with E-state index < -0.39 is 6.10 Å². The van der Waals surface area contributed by atoms with Gasteiger partial charge in [-0.05, 0) is 50.3 Å². The van der Waals surface area contributed by atoms with Gasteiger partial charge in [-0.3, -0.25) is 0 Å². The number of aliphatic hydroxyl groups excluding tert-OH is 2. The summed E-state index contributed by atoms with van der Waals surface area (Å²) in [7, 11) is 0. The molecule has 0 spiro atoms. The molecule has 1 heterocycles. The molecule has 1 aromatic rings. The number of benzene rings is 1. The average molecular weight is 277 g/mol. The Balaban J connectivity index is 1.82. The fourth-order valence-corrected chi connectivity index (χ4v) is 3.10. The topological polar surface area (TPSA) is 43.7 Å². The van der Waals surface area contributed by atoms with Gasteiger partial charge in [-0.15, -0.1) is 0 Å². The quantitative estimate of drug-likeness (QED) is 0.869. The lowest BCUT2D eigenvalue weighted by molar-refractivity contribution is 0.0465. The van der Waals surface area contributed by atoms with Crippen molar-refractivity contribution in [3.05, 3.63) is 35.9 Å². The van der Waals surface area contributed by atoms with Gasteiger partial charge >= 0.3 is 0 Å². The van der Waals surface area contributed by atoms with Gasteiger partial charge in [0.2, 0.25) is 0 Å². The Kier molecular flexibility index (Phi) is 5.58. The van der Waals surface area contributed by atoms with Crippen molar-refractivity contribution >= 4 is 0 Å². The molecule has 2 rings (SSSR count). The average Bonchev–Trinajstić information content (AvgIpc) is 2.48. The molecule has 3 unspecified atom stereocenters. The highest BCUT2D eigenvalue weighted by Crippen LogP contribution is 2.25. The van der Waals surface area contributed by atoms with Gasteiger partial charge in [0.05, 0.1) is 12.2 Å². The molecule has 0 bridgehead atoms. The molecule has 2 N–H and O–H groups in total. The Labute approximate surface area is 122 Å². The summed E-state index contributed by atoms with van der Waals surface area (Å²) in [6.07, 6.45) is 1.53. The van der Waals surface area contributed by atoms with E-state index in [1.165, 1.54) is 0 Å². The van der Waals surface area contributed by atoms with Crippen molar-refractivity contribution in [1.82, 2.24) is 4.90 Å². The van der Waals surface area contributed by atoms with Crippen LogP contribution in [0.5, 0.6) is 0 Å². The maximum atomic E-state index is 10.4. The number of hydrogen-bond donors (Lipinski definition) is 2. The molecule has 0 radical (unpaired) electrons. The van der Waals surface area contributed by atoms with Crippen molar-refractivity contribution in [2.24, 2.45) is 11.8 Å². The first kappa shape index (κ1) is 15.5. The molecule has 1 fully saturated rings. The third-order valence-corrected chi connectivity index (χ3v) is 4.54. The highest BCUT2D eigenvalue weighted by atomic mass is 16.3. The lowest BCUT2D eigenvalue weighted by Crippen LogP contribution is -2.40. The number of piperidine rings is 1. The lowest BCUT2D eigenvalue weighted by Gasteiger charge is -2.35. The molecule has 0 aromatic heterocycles. The highest BCUT2D eigenvalue weighted by molar-refractivity contribution is 5.17. The predicted molar refractivity (Wildman–Crippen MR) is 81.4 cm³/mol. The van der Waals surface area contributed by atoms with E-state index in [-0.39, 0.29) is 12.0 Å². The first-order chi connectivity index (χ1) is 9.58. The van der Waals surface area contributed by atoms with E-state index in [4.69, 9.17) is 0 Å². The van der Waals surface area contributed by atoms with Gasteiger partial charge in [0.25, 0.3) is 0 Å². The Morgan fingerprint density at radius 1 is 1.10 bits per heavy atom. The number of likely N-dealkylation sites (tertiary alicyclic amines) is 1. The second-order valence-electron chi connectivity index (χ2n) is 6.21. The molecule has 20 heavy (non-hydrogen) atoms.